The van der Waals surface area contributed by atoms with Crippen LogP contribution in [0.15, 0.2) is 36.7 Å². The molecule has 2 heterocycles. The Hall–Kier alpha value is -2.21. The standard InChI is InChI=1S/C18H19ClFN3O2/c19-15-5-1-6-16(20)14(15)10-17(24)23-9-2-4-13(11-23)12-25-18-21-7-3-8-22-18/h1,3,5-8,13H,2,4,9-12H2. The SMILES string of the molecule is O=C(Cc1c(F)cccc1Cl)N1CCCC(COc2ncccn2)C1. The molecule has 1 aromatic heterocycles. The van der Waals surface area contributed by atoms with Crippen molar-refractivity contribution in [2.24, 2.45) is 5.92 Å². The molecule has 1 atom stereocenters. The number of piperidine rings is 1. The summed E-state index contributed by atoms with van der Waals surface area (Å²) in [5.41, 5.74) is 0.255. The molecule has 1 unspecified atom stereocenters. The maximum Gasteiger partial charge on any atom is 0.316 e. The number of hydrogen-bond donors (Lipinski definition) is 0. The van der Waals surface area contributed by atoms with E-state index >= 15 is 0 Å². The Morgan fingerprint density at radius 2 is 2.12 bits per heavy atom. The van der Waals surface area contributed by atoms with Crippen LogP contribution in [0.3, 0.4) is 0 Å². The number of halogens is 2. The second-order valence-electron chi connectivity index (χ2n) is 6.07. The molecule has 1 aromatic carbocycles. The molecule has 1 saturated heterocycles. The third-order valence-electron chi connectivity index (χ3n) is 4.25. The van der Waals surface area contributed by atoms with Crippen molar-refractivity contribution < 1.29 is 13.9 Å². The Labute approximate surface area is 150 Å². The number of likely N-dealkylation sites (tertiary alicyclic amines) is 1. The van der Waals surface area contributed by atoms with Gasteiger partial charge in [-0.05, 0) is 31.0 Å². The number of nitrogens with zero attached hydrogens (tertiary/aromatic N) is 3. The third-order valence-corrected chi connectivity index (χ3v) is 4.61. The van der Waals surface area contributed by atoms with Crippen molar-refractivity contribution in [1.82, 2.24) is 14.9 Å². The van der Waals surface area contributed by atoms with Gasteiger partial charge in [-0.2, -0.15) is 0 Å². The van der Waals surface area contributed by atoms with E-state index in [2.05, 4.69) is 9.97 Å². The molecule has 0 N–H and O–H groups in total. The van der Waals surface area contributed by atoms with E-state index in [1.165, 1.54) is 12.1 Å². The van der Waals surface area contributed by atoms with Gasteiger partial charge in [0.2, 0.25) is 5.91 Å². The molecular formula is C18H19ClFN3O2. The summed E-state index contributed by atoms with van der Waals surface area (Å²) in [5, 5.41) is 0.284. The molecule has 1 fully saturated rings. The highest BCUT2D eigenvalue weighted by atomic mass is 35.5. The van der Waals surface area contributed by atoms with Crippen molar-refractivity contribution in [3.63, 3.8) is 0 Å². The van der Waals surface area contributed by atoms with Crippen LogP contribution in [0.5, 0.6) is 6.01 Å². The first-order chi connectivity index (χ1) is 12.1. The zero-order valence-corrected chi connectivity index (χ0v) is 14.5. The highest BCUT2D eigenvalue weighted by molar-refractivity contribution is 6.31. The van der Waals surface area contributed by atoms with Crippen molar-refractivity contribution in [2.45, 2.75) is 19.3 Å². The van der Waals surface area contributed by atoms with Gasteiger partial charge in [-0.3, -0.25) is 4.79 Å². The van der Waals surface area contributed by atoms with Crippen molar-refractivity contribution in [3.05, 3.63) is 53.1 Å². The predicted molar refractivity (Wildman–Crippen MR) is 91.9 cm³/mol. The lowest BCUT2D eigenvalue weighted by Gasteiger charge is -2.32. The number of ether oxygens (including phenoxy) is 1. The van der Waals surface area contributed by atoms with E-state index in [9.17, 15) is 9.18 Å². The van der Waals surface area contributed by atoms with E-state index in [0.29, 0.717) is 25.7 Å². The average Bonchev–Trinajstić information content (AvgIpc) is 2.64. The molecular weight excluding hydrogens is 345 g/mol. The number of aromatic nitrogens is 2. The minimum atomic E-state index is -0.445. The third kappa shape index (κ3) is 4.66. The molecule has 0 saturated carbocycles. The van der Waals surface area contributed by atoms with Gasteiger partial charge >= 0.3 is 6.01 Å². The zero-order chi connectivity index (χ0) is 17.6. The largest absolute Gasteiger partial charge is 0.463 e. The smallest absolute Gasteiger partial charge is 0.316 e. The molecule has 7 heteroatoms. The van der Waals surface area contributed by atoms with E-state index in [0.717, 1.165) is 12.8 Å². The molecule has 0 bridgehead atoms. The number of rotatable bonds is 5. The van der Waals surface area contributed by atoms with E-state index in [1.807, 2.05) is 0 Å². The zero-order valence-electron chi connectivity index (χ0n) is 13.7. The van der Waals surface area contributed by atoms with E-state index in [1.54, 1.807) is 29.4 Å². The highest BCUT2D eigenvalue weighted by Gasteiger charge is 2.25. The Morgan fingerprint density at radius 1 is 1.32 bits per heavy atom. The molecule has 132 valence electrons. The summed E-state index contributed by atoms with van der Waals surface area (Å²) in [6, 6.07) is 6.51. The van der Waals surface area contributed by atoms with Gasteiger partial charge in [0.1, 0.15) is 5.82 Å². The second-order valence-corrected chi connectivity index (χ2v) is 6.47. The van der Waals surface area contributed by atoms with E-state index < -0.39 is 5.82 Å². The Kier molecular flexibility index (Phi) is 5.81. The average molecular weight is 364 g/mol. The van der Waals surface area contributed by atoms with Gasteiger partial charge in [0.25, 0.3) is 0 Å². The summed E-state index contributed by atoms with van der Waals surface area (Å²) in [7, 11) is 0. The van der Waals surface area contributed by atoms with Crippen LogP contribution in [0.1, 0.15) is 18.4 Å². The van der Waals surface area contributed by atoms with Crippen LogP contribution in [0.4, 0.5) is 4.39 Å². The summed E-state index contributed by atoms with van der Waals surface area (Å²) < 4.78 is 19.5. The molecule has 0 radical (unpaired) electrons. The number of carbonyl (C=O) groups excluding carboxylic acids is 1. The molecule has 1 aliphatic heterocycles. The van der Waals surface area contributed by atoms with Crippen LogP contribution >= 0.6 is 11.6 Å². The summed E-state index contributed by atoms with van der Waals surface area (Å²) in [6.45, 7) is 1.70. The predicted octanol–water partition coefficient (Wildman–Crippen LogP) is 3.13. The minimum absolute atomic E-state index is 0.0269. The van der Waals surface area contributed by atoms with Crippen LogP contribution in [-0.2, 0) is 11.2 Å². The second kappa shape index (κ2) is 8.25. The van der Waals surface area contributed by atoms with E-state index in [4.69, 9.17) is 16.3 Å². The van der Waals surface area contributed by atoms with Gasteiger partial charge in [0.15, 0.2) is 0 Å². The molecule has 25 heavy (non-hydrogen) atoms. The Bertz CT molecular complexity index is 709. The van der Waals surface area contributed by atoms with Crippen LogP contribution < -0.4 is 4.74 Å². The summed E-state index contributed by atoms with van der Waals surface area (Å²) in [6.07, 6.45) is 5.08. The topological polar surface area (TPSA) is 55.3 Å². The number of amides is 1. The Morgan fingerprint density at radius 3 is 2.88 bits per heavy atom. The summed E-state index contributed by atoms with van der Waals surface area (Å²) in [5.74, 6) is -0.357. The molecule has 1 amide bonds. The number of carbonyl (C=O) groups is 1. The Balaban J connectivity index is 1.56. The quantitative estimate of drug-likeness (QED) is 0.819. The van der Waals surface area contributed by atoms with Gasteiger partial charge < -0.3 is 9.64 Å². The maximum atomic E-state index is 13.9. The van der Waals surface area contributed by atoms with Gasteiger partial charge in [0.05, 0.1) is 13.0 Å². The monoisotopic (exact) mass is 363 g/mol. The number of benzene rings is 1. The first-order valence-electron chi connectivity index (χ1n) is 8.24. The molecule has 1 aliphatic rings. The first kappa shape index (κ1) is 17.6. The molecule has 0 spiro atoms. The fraction of sp³-hybridized carbons (Fsp3) is 0.389. The fourth-order valence-corrected chi connectivity index (χ4v) is 3.17. The first-order valence-corrected chi connectivity index (χ1v) is 8.62. The van der Waals surface area contributed by atoms with Crippen LogP contribution in [0.2, 0.25) is 5.02 Å². The van der Waals surface area contributed by atoms with Crippen LogP contribution in [0.25, 0.3) is 0 Å². The molecule has 2 aromatic rings. The molecule has 3 rings (SSSR count). The van der Waals surface area contributed by atoms with Crippen LogP contribution in [0, 0.1) is 11.7 Å². The summed E-state index contributed by atoms with van der Waals surface area (Å²) in [4.78, 5) is 22.3. The number of hydrogen-bond acceptors (Lipinski definition) is 4. The molecule has 0 aliphatic carbocycles. The van der Waals surface area contributed by atoms with Crippen molar-refractivity contribution in [1.29, 1.82) is 0 Å². The lowest BCUT2D eigenvalue weighted by atomic mass is 9.98. The van der Waals surface area contributed by atoms with Crippen molar-refractivity contribution >= 4 is 17.5 Å². The van der Waals surface area contributed by atoms with Gasteiger partial charge in [-0.25, -0.2) is 14.4 Å². The van der Waals surface area contributed by atoms with Crippen molar-refractivity contribution in [2.75, 3.05) is 19.7 Å². The fourth-order valence-electron chi connectivity index (χ4n) is 2.94. The highest BCUT2D eigenvalue weighted by Crippen LogP contribution is 2.22. The van der Waals surface area contributed by atoms with E-state index in [-0.39, 0.29) is 28.8 Å². The van der Waals surface area contributed by atoms with Gasteiger partial charge in [-0.15, -0.1) is 0 Å². The van der Waals surface area contributed by atoms with Crippen molar-refractivity contribution in [3.8, 4) is 6.01 Å². The van der Waals surface area contributed by atoms with Crippen LogP contribution in [-0.4, -0.2) is 40.5 Å². The van der Waals surface area contributed by atoms with Gasteiger partial charge in [-0.1, -0.05) is 17.7 Å². The normalized spacial score (nSPS) is 17.4. The lowest BCUT2D eigenvalue weighted by molar-refractivity contribution is -0.132. The lowest BCUT2D eigenvalue weighted by Crippen LogP contribution is -2.42. The summed E-state index contributed by atoms with van der Waals surface area (Å²) >= 11 is 6.01. The van der Waals surface area contributed by atoms with Gasteiger partial charge in [0, 0.05) is 42.0 Å². The molecule has 5 nitrogen and oxygen atoms in total. The minimum Gasteiger partial charge on any atom is -0.463 e. The maximum absolute atomic E-state index is 13.9.